The molecule has 0 aliphatic carbocycles. The lowest BCUT2D eigenvalue weighted by Crippen LogP contribution is -2.30. The molecule has 0 fully saturated rings. The Morgan fingerprint density at radius 2 is 1.85 bits per heavy atom. The molecule has 7 heteroatoms. The fourth-order valence-corrected chi connectivity index (χ4v) is 1.97. The molecule has 20 heavy (non-hydrogen) atoms. The summed E-state index contributed by atoms with van der Waals surface area (Å²) in [7, 11) is -4.09. The molecule has 0 aliphatic rings. The van der Waals surface area contributed by atoms with Crippen molar-refractivity contribution < 1.29 is 23.9 Å². The molecule has 0 aromatic carbocycles. The standard InChI is InChI=1S/C13H26NO5P/c1-2-3-4-5-6-7-10-19-13(15)12(14)9-8-11-20(16,17)18/h8-9,12H,2-7,10-11,14H2,1H3,(H2,16,17,18)/b9-8+. The highest BCUT2D eigenvalue weighted by atomic mass is 31.2. The van der Waals surface area contributed by atoms with E-state index in [1.54, 1.807) is 0 Å². The number of carbonyl (C=O) groups is 1. The van der Waals surface area contributed by atoms with E-state index in [1.165, 1.54) is 31.4 Å². The summed E-state index contributed by atoms with van der Waals surface area (Å²) in [6, 6.07) is -0.971. The van der Waals surface area contributed by atoms with Gasteiger partial charge in [0.05, 0.1) is 12.8 Å². The lowest BCUT2D eigenvalue weighted by Gasteiger charge is -2.08. The molecule has 118 valence electrons. The highest BCUT2D eigenvalue weighted by Crippen LogP contribution is 2.33. The highest BCUT2D eigenvalue weighted by Gasteiger charge is 2.13. The van der Waals surface area contributed by atoms with E-state index in [9.17, 15) is 9.36 Å². The van der Waals surface area contributed by atoms with Gasteiger partial charge >= 0.3 is 13.6 Å². The Bertz CT molecular complexity index is 340. The van der Waals surface area contributed by atoms with E-state index in [1.807, 2.05) is 0 Å². The first-order valence-electron chi connectivity index (χ1n) is 7.00. The Kier molecular flexibility index (Phi) is 10.7. The Balaban J connectivity index is 3.68. The second kappa shape index (κ2) is 11.0. The number of allylic oxidation sites excluding steroid dienone is 1. The summed E-state index contributed by atoms with van der Waals surface area (Å²) in [5.41, 5.74) is 5.51. The second-order valence-electron chi connectivity index (χ2n) is 4.74. The van der Waals surface area contributed by atoms with Crippen molar-refractivity contribution in [2.75, 3.05) is 12.8 Å². The van der Waals surface area contributed by atoms with Crippen LogP contribution in [0.4, 0.5) is 0 Å². The predicted octanol–water partition coefficient (Wildman–Crippen LogP) is 1.95. The highest BCUT2D eigenvalue weighted by molar-refractivity contribution is 7.51. The number of ether oxygens (including phenoxy) is 1. The Hall–Kier alpha value is -0.680. The fraction of sp³-hybridized carbons (Fsp3) is 0.769. The van der Waals surface area contributed by atoms with Crippen LogP contribution >= 0.6 is 7.60 Å². The maximum atomic E-state index is 11.4. The lowest BCUT2D eigenvalue weighted by molar-refractivity contribution is -0.144. The minimum Gasteiger partial charge on any atom is -0.464 e. The Labute approximate surface area is 120 Å². The van der Waals surface area contributed by atoms with Gasteiger partial charge in [0.1, 0.15) is 6.04 Å². The molecule has 0 radical (unpaired) electrons. The van der Waals surface area contributed by atoms with Gasteiger partial charge in [0.2, 0.25) is 0 Å². The van der Waals surface area contributed by atoms with Crippen LogP contribution < -0.4 is 5.73 Å². The van der Waals surface area contributed by atoms with E-state index in [2.05, 4.69) is 6.92 Å². The molecule has 0 aromatic heterocycles. The zero-order valence-corrected chi connectivity index (χ0v) is 12.9. The van der Waals surface area contributed by atoms with Crippen molar-refractivity contribution in [3.8, 4) is 0 Å². The van der Waals surface area contributed by atoms with Crippen molar-refractivity contribution in [3.05, 3.63) is 12.2 Å². The first-order chi connectivity index (χ1) is 9.37. The number of hydrogen-bond acceptors (Lipinski definition) is 4. The fourth-order valence-electron chi connectivity index (χ4n) is 1.57. The molecule has 0 spiro atoms. The molecule has 1 unspecified atom stereocenters. The first kappa shape index (κ1) is 19.3. The normalized spacial score (nSPS) is 13.6. The van der Waals surface area contributed by atoms with Crippen LogP contribution in [0.5, 0.6) is 0 Å². The van der Waals surface area contributed by atoms with Crippen molar-refractivity contribution in [1.82, 2.24) is 0 Å². The molecule has 0 heterocycles. The van der Waals surface area contributed by atoms with Gasteiger partial charge in [0.15, 0.2) is 0 Å². The van der Waals surface area contributed by atoms with Crippen molar-refractivity contribution in [1.29, 1.82) is 0 Å². The Morgan fingerprint density at radius 1 is 1.25 bits per heavy atom. The van der Waals surface area contributed by atoms with Gasteiger partial charge in [-0.15, -0.1) is 0 Å². The van der Waals surface area contributed by atoms with Gasteiger partial charge in [-0.25, -0.2) is 0 Å². The molecule has 0 rings (SSSR count). The van der Waals surface area contributed by atoms with Crippen LogP contribution in [0.15, 0.2) is 12.2 Å². The number of unbranched alkanes of at least 4 members (excludes halogenated alkanes) is 5. The maximum Gasteiger partial charge on any atom is 0.329 e. The average molecular weight is 307 g/mol. The SMILES string of the molecule is CCCCCCCCOC(=O)C(N)/C=C/CP(=O)(O)O. The molecule has 4 N–H and O–H groups in total. The summed E-state index contributed by atoms with van der Waals surface area (Å²) in [5, 5.41) is 0. The van der Waals surface area contributed by atoms with Crippen molar-refractivity contribution >= 4 is 13.6 Å². The summed E-state index contributed by atoms with van der Waals surface area (Å²) >= 11 is 0. The van der Waals surface area contributed by atoms with Crippen LogP contribution in [-0.4, -0.2) is 34.6 Å². The monoisotopic (exact) mass is 307 g/mol. The molecule has 0 aliphatic heterocycles. The van der Waals surface area contributed by atoms with Crippen molar-refractivity contribution in [2.24, 2.45) is 5.73 Å². The van der Waals surface area contributed by atoms with E-state index in [-0.39, 0.29) is 0 Å². The topological polar surface area (TPSA) is 110 Å². The summed E-state index contributed by atoms with van der Waals surface area (Å²) < 4.78 is 15.6. The summed E-state index contributed by atoms with van der Waals surface area (Å²) in [5.74, 6) is -0.569. The van der Waals surface area contributed by atoms with E-state index in [0.29, 0.717) is 6.61 Å². The zero-order valence-electron chi connectivity index (χ0n) is 12.0. The van der Waals surface area contributed by atoms with Gasteiger partial charge in [0, 0.05) is 0 Å². The van der Waals surface area contributed by atoms with Crippen LogP contribution in [0.1, 0.15) is 45.4 Å². The predicted molar refractivity (Wildman–Crippen MR) is 78.4 cm³/mol. The third kappa shape index (κ3) is 12.4. The molecule has 0 aromatic rings. The van der Waals surface area contributed by atoms with Gasteiger partial charge in [-0.2, -0.15) is 0 Å². The van der Waals surface area contributed by atoms with Crippen LogP contribution in [0, 0.1) is 0 Å². The zero-order chi connectivity index (χ0) is 15.4. The number of hydrogen-bond donors (Lipinski definition) is 3. The van der Waals surface area contributed by atoms with Gasteiger partial charge in [-0.3, -0.25) is 9.36 Å². The number of rotatable bonds is 11. The molecule has 0 bridgehead atoms. The van der Waals surface area contributed by atoms with Gasteiger partial charge in [-0.05, 0) is 6.42 Å². The van der Waals surface area contributed by atoms with E-state index in [4.69, 9.17) is 20.3 Å². The number of carbonyl (C=O) groups excluding carboxylic acids is 1. The summed E-state index contributed by atoms with van der Waals surface area (Å²) in [6.45, 7) is 2.49. The maximum absolute atomic E-state index is 11.4. The van der Waals surface area contributed by atoms with Gasteiger partial charge in [-0.1, -0.05) is 51.2 Å². The number of nitrogens with two attached hydrogens (primary N) is 1. The Morgan fingerprint density at radius 3 is 2.45 bits per heavy atom. The minimum absolute atomic E-state index is 0.338. The third-order valence-electron chi connectivity index (χ3n) is 2.70. The molecular weight excluding hydrogens is 281 g/mol. The minimum atomic E-state index is -4.09. The largest absolute Gasteiger partial charge is 0.464 e. The summed E-state index contributed by atoms with van der Waals surface area (Å²) in [6.07, 6.45) is 8.64. The van der Waals surface area contributed by atoms with E-state index < -0.39 is 25.8 Å². The van der Waals surface area contributed by atoms with E-state index >= 15 is 0 Å². The van der Waals surface area contributed by atoms with Gasteiger partial charge < -0.3 is 20.3 Å². The second-order valence-corrected chi connectivity index (χ2v) is 6.43. The van der Waals surface area contributed by atoms with Crippen molar-refractivity contribution in [2.45, 2.75) is 51.5 Å². The molecule has 0 saturated heterocycles. The molecule has 0 saturated carbocycles. The molecular formula is C13H26NO5P. The smallest absolute Gasteiger partial charge is 0.329 e. The van der Waals surface area contributed by atoms with Crippen LogP contribution in [0.2, 0.25) is 0 Å². The summed E-state index contributed by atoms with van der Waals surface area (Å²) in [4.78, 5) is 28.7. The molecule has 0 amide bonds. The van der Waals surface area contributed by atoms with Crippen LogP contribution in [0.3, 0.4) is 0 Å². The van der Waals surface area contributed by atoms with Crippen LogP contribution in [0.25, 0.3) is 0 Å². The molecule has 1 atom stereocenters. The lowest BCUT2D eigenvalue weighted by atomic mass is 10.1. The average Bonchev–Trinajstić information content (AvgIpc) is 2.35. The number of esters is 1. The van der Waals surface area contributed by atoms with Gasteiger partial charge in [0.25, 0.3) is 0 Å². The van der Waals surface area contributed by atoms with Crippen LogP contribution in [-0.2, 0) is 14.1 Å². The molecule has 6 nitrogen and oxygen atoms in total. The quantitative estimate of drug-likeness (QED) is 0.233. The van der Waals surface area contributed by atoms with Crippen molar-refractivity contribution in [3.63, 3.8) is 0 Å². The first-order valence-corrected chi connectivity index (χ1v) is 8.80. The van der Waals surface area contributed by atoms with E-state index in [0.717, 1.165) is 19.3 Å². The third-order valence-corrected chi connectivity index (χ3v) is 3.39.